The first-order valence-corrected chi connectivity index (χ1v) is 6.68. The lowest BCUT2D eigenvalue weighted by Crippen LogP contribution is -2.30. The van der Waals surface area contributed by atoms with Crippen LogP contribution in [-0.4, -0.2) is 17.7 Å². The lowest BCUT2D eigenvalue weighted by Gasteiger charge is -2.07. The van der Waals surface area contributed by atoms with Gasteiger partial charge in [-0.1, -0.05) is 0 Å². The largest absolute Gasteiger partial charge is 0.354 e. The number of carbonyl (C=O) groups is 2. The van der Waals surface area contributed by atoms with Crippen LogP contribution in [0.5, 0.6) is 0 Å². The predicted octanol–water partition coefficient (Wildman–Crippen LogP) is 3.00. The highest BCUT2D eigenvalue weighted by Crippen LogP contribution is 2.23. The summed E-state index contributed by atoms with van der Waals surface area (Å²) in [4.78, 5) is 23.7. The standard InChI is InChI=1S/C11H14BrNO2S/c1-7(2)13-11(15)6-3-8(14)9-4-5-10(12)16-9/h4-5,7H,3,6H2,1-2H3,(H,13,15). The first-order valence-electron chi connectivity index (χ1n) is 5.07. The molecule has 16 heavy (non-hydrogen) atoms. The van der Waals surface area contributed by atoms with Gasteiger partial charge in [-0.3, -0.25) is 9.59 Å². The number of amides is 1. The van der Waals surface area contributed by atoms with Crippen molar-refractivity contribution in [2.45, 2.75) is 32.7 Å². The summed E-state index contributed by atoms with van der Waals surface area (Å²) in [6, 6.07) is 3.74. The van der Waals surface area contributed by atoms with E-state index in [9.17, 15) is 9.59 Å². The van der Waals surface area contributed by atoms with Gasteiger partial charge >= 0.3 is 0 Å². The molecule has 0 saturated heterocycles. The van der Waals surface area contributed by atoms with Gasteiger partial charge in [0.2, 0.25) is 5.91 Å². The lowest BCUT2D eigenvalue weighted by atomic mass is 10.2. The normalized spacial score (nSPS) is 10.5. The Hall–Kier alpha value is -0.680. The molecule has 0 spiro atoms. The molecule has 5 heteroatoms. The van der Waals surface area contributed by atoms with Gasteiger partial charge in [-0.15, -0.1) is 11.3 Å². The second kappa shape index (κ2) is 6.15. The number of rotatable bonds is 5. The van der Waals surface area contributed by atoms with Crippen LogP contribution < -0.4 is 5.32 Å². The summed E-state index contributed by atoms with van der Waals surface area (Å²) in [5.74, 6) is -0.0476. The van der Waals surface area contributed by atoms with Gasteiger partial charge in [-0.25, -0.2) is 0 Å². The molecule has 0 radical (unpaired) electrons. The Morgan fingerprint density at radius 3 is 2.56 bits per heavy atom. The van der Waals surface area contributed by atoms with Gasteiger partial charge in [-0.05, 0) is 41.9 Å². The van der Waals surface area contributed by atoms with E-state index in [2.05, 4.69) is 21.2 Å². The van der Waals surface area contributed by atoms with Gasteiger partial charge in [-0.2, -0.15) is 0 Å². The van der Waals surface area contributed by atoms with E-state index in [1.165, 1.54) is 11.3 Å². The van der Waals surface area contributed by atoms with Crippen molar-refractivity contribution < 1.29 is 9.59 Å². The Morgan fingerprint density at radius 1 is 1.38 bits per heavy atom. The molecule has 1 heterocycles. The number of hydrogen-bond donors (Lipinski definition) is 1. The van der Waals surface area contributed by atoms with Crippen LogP contribution in [0.2, 0.25) is 0 Å². The summed E-state index contributed by atoms with van der Waals surface area (Å²) < 4.78 is 0.933. The average molecular weight is 304 g/mol. The highest BCUT2D eigenvalue weighted by molar-refractivity contribution is 9.11. The van der Waals surface area contributed by atoms with E-state index < -0.39 is 0 Å². The predicted molar refractivity (Wildman–Crippen MR) is 68.9 cm³/mol. The van der Waals surface area contributed by atoms with E-state index in [0.29, 0.717) is 4.88 Å². The molecule has 0 fully saturated rings. The third kappa shape index (κ3) is 4.45. The minimum absolute atomic E-state index is 0.0228. The molecule has 3 nitrogen and oxygen atoms in total. The third-order valence-electron chi connectivity index (χ3n) is 1.88. The quantitative estimate of drug-likeness (QED) is 0.850. The first kappa shape index (κ1) is 13.4. The molecule has 1 rings (SSSR count). The van der Waals surface area contributed by atoms with Crippen molar-refractivity contribution in [2.24, 2.45) is 0 Å². The van der Waals surface area contributed by atoms with Crippen molar-refractivity contribution >= 4 is 39.0 Å². The molecule has 1 N–H and O–H groups in total. The van der Waals surface area contributed by atoms with E-state index in [1.807, 2.05) is 19.9 Å². The number of hydrogen-bond acceptors (Lipinski definition) is 3. The summed E-state index contributed by atoms with van der Waals surface area (Å²) in [5.41, 5.74) is 0. The van der Waals surface area contributed by atoms with Crippen LogP contribution in [0.4, 0.5) is 0 Å². The van der Waals surface area contributed by atoms with Crippen molar-refractivity contribution in [3.8, 4) is 0 Å². The first-order chi connectivity index (χ1) is 7.49. The van der Waals surface area contributed by atoms with Crippen molar-refractivity contribution in [3.63, 3.8) is 0 Å². The van der Waals surface area contributed by atoms with Crippen LogP contribution in [0.3, 0.4) is 0 Å². The number of thiophene rings is 1. The summed E-state index contributed by atoms with van der Waals surface area (Å²) in [7, 11) is 0. The Morgan fingerprint density at radius 2 is 2.06 bits per heavy atom. The van der Waals surface area contributed by atoms with E-state index in [0.717, 1.165) is 3.79 Å². The van der Waals surface area contributed by atoms with Gasteiger partial charge in [0, 0.05) is 18.9 Å². The van der Waals surface area contributed by atoms with E-state index in [-0.39, 0.29) is 30.6 Å². The van der Waals surface area contributed by atoms with Crippen LogP contribution in [0, 0.1) is 0 Å². The van der Waals surface area contributed by atoms with Gasteiger partial charge in [0.15, 0.2) is 5.78 Å². The topological polar surface area (TPSA) is 46.2 Å². The van der Waals surface area contributed by atoms with E-state index in [1.54, 1.807) is 6.07 Å². The molecule has 1 amide bonds. The molecule has 0 aliphatic rings. The van der Waals surface area contributed by atoms with Gasteiger partial charge in [0.25, 0.3) is 0 Å². The monoisotopic (exact) mass is 303 g/mol. The lowest BCUT2D eigenvalue weighted by molar-refractivity contribution is -0.121. The maximum atomic E-state index is 11.7. The molecule has 0 aliphatic heterocycles. The van der Waals surface area contributed by atoms with Crippen LogP contribution in [0.15, 0.2) is 15.9 Å². The molecule has 0 aliphatic carbocycles. The number of nitrogens with one attached hydrogen (secondary N) is 1. The molecular weight excluding hydrogens is 290 g/mol. The highest BCUT2D eigenvalue weighted by Gasteiger charge is 2.11. The Kier molecular flexibility index (Phi) is 5.15. The summed E-state index contributed by atoms with van der Waals surface area (Å²) in [6.45, 7) is 3.80. The fraction of sp³-hybridized carbons (Fsp3) is 0.455. The molecule has 0 saturated carbocycles. The van der Waals surface area contributed by atoms with Crippen molar-refractivity contribution in [1.82, 2.24) is 5.32 Å². The summed E-state index contributed by atoms with van der Waals surface area (Å²) >= 11 is 4.70. The zero-order valence-corrected chi connectivity index (χ0v) is 11.7. The highest BCUT2D eigenvalue weighted by atomic mass is 79.9. The van der Waals surface area contributed by atoms with Crippen molar-refractivity contribution in [1.29, 1.82) is 0 Å². The molecule has 0 bridgehead atoms. The van der Waals surface area contributed by atoms with Crippen LogP contribution >= 0.6 is 27.3 Å². The minimum atomic E-state index is -0.0704. The smallest absolute Gasteiger partial charge is 0.220 e. The maximum absolute atomic E-state index is 11.7. The Bertz CT molecular complexity index is 387. The zero-order valence-electron chi connectivity index (χ0n) is 9.25. The molecule has 1 aromatic heterocycles. The second-order valence-electron chi connectivity index (χ2n) is 3.75. The maximum Gasteiger partial charge on any atom is 0.220 e. The third-order valence-corrected chi connectivity index (χ3v) is 3.54. The molecule has 0 atom stereocenters. The van der Waals surface area contributed by atoms with E-state index in [4.69, 9.17) is 0 Å². The number of ketones is 1. The van der Waals surface area contributed by atoms with E-state index >= 15 is 0 Å². The SMILES string of the molecule is CC(C)NC(=O)CCC(=O)c1ccc(Br)s1. The van der Waals surface area contributed by atoms with Crippen LogP contribution in [0.1, 0.15) is 36.4 Å². The van der Waals surface area contributed by atoms with Gasteiger partial charge in [0.1, 0.15) is 0 Å². The summed E-state index contributed by atoms with van der Waals surface area (Å²) in [5, 5.41) is 2.76. The molecule has 88 valence electrons. The molecule has 1 aromatic rings. The van der Waals surface area contributed by atoms with Crippen molar-refractivity contribution in [2.75, 3.05) is 0 Å². The Balaban J connectivity index is 2.38. The molecule has 0 aromatic carbocycles. The van der Waals surface area contributed by atoms with Gasteiger partial charge < -0.3 is 5.32 Å². The summed E-state index contributed by atoms with van der Waals surface area (Å²) in [6.07, 6.45) is 0.526. The number of Topliss-reactive ketones (excluding diaryl/α,β-unsaturated/α-hetero) is 1. The minimum Gasteiger partial charge on any atom is -0.354 e. The zero-order chi connectivity index (χ0) is 12.1. The Labute approximate surface area is 107 Å². The molecular formula is C11H14BrNO2S. The molecule has 0 unspecified atom stereocenters. The van der Waals surface area contributed by atoms with Crippen LogP contribution in [-0.2, 0) is 4.79 Å². The second-order valence-corrected chi connectivity index (χ2v) is 6.21. The number of carbonyl (C=O) groups excluding carboxylic acids is 2. The van der Waals surface area contributed by atoms with Crippen LogP contribution in [0.25, 0.3) is 0 Å². The average Bonchev–Trinajstić information content (AvgIpc) is 2.60. The van der Waals surface area contributed by atoms with Crippen molar-refractivity contribution in [3.05, 3.63) is 20.8 Å². The fourth-order valence-corrected chi connectivity index (χ4v) is 2.56. The number of halogens is 1. The fourth-order valence-electron chi connectivity index (χ4n) is 1.21. The van der Waals surface area contributed by atoms with Gasteiger partial charge in [0.05, 0.1) is 8.66 Å².